The van der Waals surface area contributed by atoms with Crippen LogP contribution in [0.25, 0.3) is 0 Å². The molecule has 2 amide bonds. The molecule has 9 heteroatoms. The number of hydrogen-bond acceptors (Lipinski definition) is 5. The lowest BCUT2D eigenvalue weighted by Gasteiger charge is -2.34. The molecule has 41 heavy (non-hydrogen) atoms. The molecule has 3 rings (SSSR count). The van der Waals surface area contributed by atoms with Gasteiger partial charge in [0.1, 0.15) is 18.3 Å². The van der Waals surface area contributed by atoms with E-state index in [1.807, 2.05) is 88.4 Å². The molecule has 0 bridgehead atoms. The lowest BCUT2D eigenvalue weighted by Crippen LogP contribution is -2.54. The quantitative estimate of drug-likeness (QED) is 0.319. The summed E-state index contributed by atoms with van der Waals surface area (Å²) in [7, 11) is -2.26. The molecule has 0 aliphatic carbocycles. The second-order valence-electron chi connectivity index (χ2n) is 10.5. The number of carbonyl (C=O) groups is 2. The Hall–Kier alpha value is -3.85. The molecule has 0 radical (unpaired) electrons. The molecule has 0 saturated heterocycles. The number of anilines is 1. The summed E-state index contributed by atoms with van der Waals surface area (Å²) in [5.74, 6) is -0.165. The molecule has 2 atom stereocenters. The van der Waals surface area contributed by atoms with E-state index in [0.29, 0.717) is 11.4 Å². The Balaban J connectivity index is 2.09. The number of aryl methyl sites for hydroxylation is 2. The van der Waals surface area contributed by atoms with Gasteiger partial charge in [-0.2, -0.15) is 0 Å². The average Bonchev–Trinajstić information content (AvgIpc) is 2.93. The maximum atomic E-state index is 14.2. The van der Waals surface area contributed by atoms with Gasteiger partial charge in [0, 0.05) is 19.0 Å². The average molecular weight is 580 g/mol. The van der Waals surface area contributed by atoms with Crippen LogP contribution in [0.4, 0.5) is 5.69 Å². The fraction of sp³-hybridized carbons (Fsp3) is 0.375. The van der Waals surface area contributed by atoms with Crippen molar-refractivity contribution < 1.29 is 22.7 Å². The summed E-state index contributed by atoms with van der Waals surface area (Å²) in [5.41, 5.74) is 3.78. The number of nitrogens with one attached hydrogen (secondary N) is 1. The first kappa shape index (κ1) is 31.7. The third kappa shape index (κ3) is 8.82. The predicted octanol–water partition coefficient (Wildman–Crippen LogP) is 4.63. The summed E-state index contributed by atoms with van der Waals surface area (Å²) in [6.07, 6.45) is 2.08. The number of nitrogens with zero attached hydrogens (tertiary/aromatic N) is 2. The van der Waals surface area contributed by atoms with Gasteiger partial charge in [-0.25, -0.2) is 8.42 Å². The van der Waals surface area contributed by atoms with E-state index in [4.69, 9.17) is 4.74 Å². The van der Waals surface area contributed by atoms with Crippen LogP contribution in [0.3, 0.4) is 0 Å². The Morgan fingerprint density at radius 2 is 1.63 bits per heavy atom. The Kier molecular flexibility index (Phi) is 10.9. The Bertz CT molecular complexity index is 1440. The zero-order valence-electron chi connectivity index (χ0n) is 24.8. The van der Waals surface area contributed by atoms with E-state index in [1.54, 1.807) is 19.2 Å². The molecular formula is C32H41N3O5S. The zero-order valence-corrected chi connectivity index (χ0v) is 25.6. The van der Waals surface area contributed by atoms with E-state index in [9.17, 15) is 18.0 Å². The molecule has 3 aromatic rings. The molecule has 3 aromatic carbocycles. The summed E-state index contributed by atoms with van der Waals surface area (Å²) >= 11 is 0. The van der Waals surface area contributed by atoms with Crippen molar-refractivity contribution >= 4 is 27.5 Å². The Morgan fingerprint density at radius 1 is 0.951 bits per heavy atom. The van der Waals surface area contributed by atoms with Gasteiger partial charge in [0.05, 0.1) is 19.1 Å². The highest BCUT2D eigenvalue weighted by molar-refractivity contribution is 7.92. The normalized spacial score (nSPS) is 12.7. The molecule has 1 N–H and O–H groups in total. The number of rotatable bonds is 13. The molecule has 0 aliphatic heterocycles. The van der Waals surface area contributed by atoms with Crippen molar-refractivity contribution in [1.82, 2.24) is 10.2 Å². The molecule has 0 saturated carbocycles. The van der Waals surface area contributed by atoms with Gasteiger partial charge in [-0.15, -0.1) is 0 Å². The van der Waals surface area contributed by atoms with Crippen LogP contribution in [0.1, 0.15) is 42.5 Å². The molecule has 8 nitrogen and oxygen atoms in total. The number of sulfonamides is 1. The lowest BCUT2D eigenvalue weighted by molar-refractivity contribution is -0.140. The molecular weight excluding hydrogens is 538 g/mol. The predicted molar refractivity (Wildman–Crippen MR) is 163 cm³/mol. The van der Waals surface area contributed by atoms with Crippen LogP contribution in [0, 0.1) is 13.8 Å². The Labute approximate surface area is 244 Å². The summed E-state index contributed by atoms with van der Waals surface area (Å²) in [6, 6.07) is 21.2. The minimum Gasteiger partial charge on any atom is -0.497 e. The standard InChI is InChI=1S/C32H41N3O5S/c1-7-25(4)33-32(37)30(20-26-12-9-8-10-13-26)34(21-27-14-11-15-28(19-27)40-5)31(36)22-35(41(6,38)39)29-17-16-23(2)18-24(29)3/h8-19,25,30H,7,20-22H2,1-6H3,(H,33,37)/t25-,30+/m1/s1. The molecule has 0 unspecified atom stereocenters. The number of hydrogen-bond donors (Lipinski definition) is 1. The highest BCUT2D eigenvalue weighted by atomic mass is 32.2. The summed E-state index contributed by atoms with van der Waals surface area (Å²) < 4.78 is 32.5. The SMILES string of the molecule is CC[C@@H](C)NC(=O)[C@H](Cc1ccccc1)N(Cc1cccc(OC)c1)C(=O)CN(c1ccc(C)cc1C)S(C)(=O)=O. The topological polar surface area (TPSA) is 96.0 Å². The highest BCUT2D eigenvalue weighted by Gasteiger charge is 2.33. The molecule has 0 fully saturated rings. The smallest absolute Gasteiger partial charge is 0.244 e. The second kappa shape index (κ2) is 14.2. The molecule has 220 valence electrons. The third-order valence-corrected chi connectivity index (χ3v) is 8.19. The van der Waals surface area contributed by atoms with Crippen LogP contribution in [0.5, 0.6) is 5.75 Å². The van der Waals surface area contributed by atoms with Gasteiger partial charge in [0.25, 0.3) is 0 Å². The summed E-state index contributed by atoms with van der Waals surface area (Å²) in [5, 5.41) is 3.03. The monoisotopic (exact) mass is 579 g/mol. The van der Waals surface area contributed by atoms with Gasteiger partial charge in [-0.1, -0.05) is 67.1 Å². The van der Waals surface area contributed by atoms with Crippen LogP contribution in [-0.4, -0.2) is 57.1 Å². The van der Waals surface area contributed by atoms with Crippen LogP contribution >= 0.6 is 0 Å². The molecule has 0 aliphatic rings. The van der Waals surface area contributed by atoms with Gasteiger partial charge < -0.3 is 15.0 Å². The van der Waals surface area contributed by atoms with Crippen molar-refractivity contribution in [3.63, 3.8) is 0 Å². The zero-order chi connectivity index (χ0) is 30.2. The lowest BCUT2D eigenvalue weighted by atomic mass is 10.0. The number of benzene rings is 3. The molecule has 0 spiro atoms. The van der Waals surface area contributed by atoms with Crippen molar-refractivity contribution in [3.05, 3.63) is 95.1 Å². The third-order valence-electron chi connectivity index (χ3n) is 7.06. The summed E-state index contributed by atoms with van der Waals surface area (Å²) in [6.45, 7) is 7.27. The van der Waals surface area contributed by atoms with E-state index in [1.165, 1.54) is 4.90 Å². The highest BCUT2D eigenvalue weighted by Crippen LogP contribution is 2.25. The van der Waals surface area contributed by atoms with E-state index in [-0.39, 0.29) is 24.9 Å². The van der Waals surface area contributed by atoms with Gasteiger partial charge >= 0.3 is 0 Å². The minimum absolute atomic E-state index is 0.0892. The largest absolute Gasteiger partial charge is 0.497 e. The number of amides is 2. The van der Waals surface area contributed by atoms with E-state index in [2.05, 4.69) is 5.32 Å². The van der Waals surface area contributed by atoms with E-state index < -0.39 is 28.5 Å². The van der Waals surface area contributed by atoms with Crippen molar-refractivity contribution in [3.8, 4) is 5.75 Å². The first-order chi connectivity index (χ1) is 19.4. The summed E-state index contributed by atoms with van der Waals surface area (Å²) in [4.78, 5) is 29.5. The van der Waals surface area contributed by atoms with Crippen LogP contribution in [0.15, 0.2) is 72.8 Å². The Morgan fingerprint density at radius 3 is 2.24 bits per heavy atom. The van der Waals surface area contributed by atoms with E-state index >= 15 is 0 Å². The van der Waals surface area contributed by atoms with Crippen molar-refractivity contribution in [2.75, 3.05) is 24.2 Å². The molecule has 0 heterocycles. The van der Waals surface area contributed by atoms with Crippen molar-refractivity contribution in [1.29, 1.82) is 0 Å². The number of ether oxygens (including phenoxy) is 1. The number of carbonyl (C=O) groups excluding carboxylic acids is 2. The number of methoxy groups -OCH3 is 1. The first-order valence-corrected chi connectivity index (χ1v) is 15.6. The van der Waals surface area contributed by atoms with Crippen LogP contribution < -0.4 is 14.4 Å². The van der Waals surface area contributed by atoms with Crippen molar-refractivity contribution in [2.24, 2.45) is 0 Å². The van der Waals surface area contributed by atoms with Gasteiger partial charge in [-0.3, -0.25) is 13.9 Å². The van der Waals surface area contributed by atoms with Gasteiger partial charge in [0.15, 0.2) is 0 Å². The minimum atomic E-state index is -3.83. The van der Waals surface area contributed by atoms with Crippen LogP contribution in [-0.2, 0) is 32.6 Å². The van der Waals surface area contributed by atoms with Gasteiger partial charge in [-0.05, 0) is 62.1 Å². The maximum Gasteiger partial charge on any atom is 0.244 e. The second-order valence-corrected chi connectivity index (χ2v) is 12.4. The maximum absolute atomic E-state index is 14.2. The molecule has 0 aromatic heterocycles. The van der Waals surface area contributed by atoms with Crippen molar-refractivity contribution in [2.45, 2.75) is 59.2 Å². The van der Waals surface area contributed by atoms with Gasteiger partial charge in [0.2, 0.25) is 21.8 Å². The van der Waals surface area contributed by atoms with Crippen LogP contribution in [0.2, 0.25) is 0 Å². The first-order valence-electron chi connectivity index (χ1n) is 13.7. The van der Waals surface area contributed by atoms with E-state index in [0.717, 1.165) is 39.2 Å². The fourth-order valence-corrected chi connectivity index (χ4v) is 5.55. The fourth-order valence-electron chi connectivity index (χ4n) is 4.64.